The minimum absolute atomic E-state index is 0.0567. The number of nitrogens with zero attached hydrogens (tertiary/aromatic N) is 1. The van der Waals surface area contributed by atoms with Crippen molar-refractivity contribution in [1.82, 2.24) is 4.98 Å². The van der Waals surface area contributed by atoms with Crippen LogP contribution >= 0.6 is 11.3 Å². The van der Waals surface area contributed by atoms with E-state index in [2.05, 4.69) is 4.98 Å². The standard InChI is InChI=1S/C9H11NO2S/c11-9(12)4-7-5-13-8(10-7)3-6-1-2-6/h5-6H,1-4H2,(H,11,12). The molecule has 1 aliphatic carbocycles. The van der Waals surface area contributed by atoms with Gasteiger partial charge in [0.25, 0.3) is 0 Å². The topological polar surface area (TPSA) is 50.2 Å². The van der Waals surface area contributed by atoms with Gasteiger partial charge in [-0.2, -0.15) is 0 Å². The molecular formula is C9H11NO2S. The van der Waals surface area contributed by atoms with Gasteiger partial charge in [-0.05, 0) is 18.8 Å². The fraction of sp³-hybridized carbons (Fsp3) is 0.556. The van der Waals surface area contributed by atoms with Gasteiger partial charge in [0.05, 0.1) is 17.1 Å². The third-order valence-electron chi connectivity index (χ3n) is 2.09. The van der Waals surface area contributed by atoms with Crippen molar-refractivity contribution >= 4 is 17.3 Å². The lowest BCUT2D eigenvalue weighted by molar-refractivity contribution is -0.136. The Labute approximate surface area is 80.4 Å². The molecule has 0 atom stereocenters. The first-order valence-electron chi connectivity index (χ1n) is 4.39. The summed E-state index contributed by atoms with van der Waals surface area (Å²) in [5.74, 6) is 0.0205. The molecule has 2 rings (SSSR count). The summed E-state index contributed by atoms with van der Waals surface area (Å²) in [7, 11) is 0. The molecule has 0 aromatic carbocycles. The van der Waals surface area contributed by atoms with Crippen molar-refractivity contribution in [2.45, 2.75) is 25.7 Å². The van der Waals surface area contributed by atoms with E-state index in [4.69, 9.17) is 5.11 Å². The van der Waals surface area contributed by atoms with E-state index in [1.165, 1.54) is 12.8 Å². The number of carboxylic acid groups (broad SMARTS) is 1. The molecule has 1 aliphatic rings. The summed E-state index contributed by atoms with van der Waals surface area (Å²) < 4.78 is 0. The van der Waals surface area contributed by atoms with Gasteiger partial charge >= 0.3 is 5.97 Å². The first-order valence-corrected chi connectivity index (χ1v) is 5.27. The van der Waals surface area contributed by atoms with Crippen LogP contribution in [0.4, 0.5) is 0 Å². The summed E-state index contributed by atoms with van der Waals surface area (Å²) in [6.07, 6.45) is 3.73. The molecule has 0 radical (unpaired) electrons. The molecule has 0 saturated heterocycles. The number of hydrogen-bond acceptors (Lipinski definition) is 3. The summed E-state index contributed by atoms with van der Waals surface area (Å²) in [6, 6.07) is 0. The van der Waals surface area contributed by atoms with E-state index < -0.39 is 5.97 Å². The van der Waals surface area contributed by atoms with Gasteiger partial charge in [0, 0.05) is 11.8 Å². The van der Waals surface area contributed by atoms with Crippen LogP contribution in [0.15, 0.2) is 5.38 Å². The molecule has 3 nitrogen and oxygen atoms in total. The lowest BCUT2D eigenvalue weighted by Gasteiger charge is -1.90. The average Bonchev–Trinajstić information content (AvgIpc) is 2.73. The zero-order chi connectivity index (χ0) is 9.26. The van der Waals surface area contributed by atoms with Gasteiger partial charge in [-0.3, -0.25) is 4.79 Å². The highest BCUT2D eigenvalue weighted by atomic mass is 32.1. The van der Waals surface area contributed by atoms with Crippen LogP contribution in [0.3, 0.4) is 0 Å². The maximum atomic E-state index is 10.4. The van der Waals surface area contributed by atoms with Crippen LogP contribution in [-0.2, 0) is 17.6 Å². The van der Waals surface area contributed by atoms with Crippen LogP contribution in [-0.4, -0.2) is 16.1 Å². The molecule has 1 N–H and O–H groups in total. The summed E-state index contributed by atoms with van der Waals surface area (Å²) in [5, 5.41) is 11.5. The van der Waals surface area contributed by atoms with Crippen LogP contribution < -0.4 is 0 Å². The molecule has 0 bridgehead atoms. The van der Waals surface area contributed by atoms with E-state index in [-0.39, 0.29) is 6.42 Å². The lowest BCUT2D eigenvalue weighted by atomic mass is 10.3. The third-order valence-corrected chi connectivity index (χ3v) is 3.01. The Balaban J connectivity index is 1.95. The average molecular weight is 197 g/mol. The Kier molecular flexibility index (Phi) is 2.31. The van der Waals surface area contributed by atoms with Crippen LogP contribution in [0.25, 0.3) is 0 Å². The Hall–Kier alpha value is -0.900. The Bertz CT molecular complexity index is 317. The predicted octanol–water partition coefficient (Wildman–Crippen LogP) is 1.72. The zero-order valence-corrected chi connectivity index (χ0v) is 8.01. The largest absolute Gasteiger partial charge is 0.481 e. The monoisotopic (exact) mass is 197 g/mol. The first-order chi connectivity index (χ1) is 6.24. The molecule has 1 aromatic heterocycles. The number of rotatable bonds is 4. The molecular weight excluding hydrogens is 186 g/mol. The molecule has 4 heteroatoms. The minimum atomic E-state index is -0.803. The van der Waals surface area contributed by atoms with Gasteiger partial charge in [-0.15, -0.1) is 11.3 Å². The van der Waals surface area contributed by atoms with Gasteiger partial charge in [-0.25, -0.2) is 4.98 Å². The fourth-order valence-corrected chi connectivity index (χ4v) is 2.16. The fourth-order valence-electron chi connectivity index (χ4n) is 1.25. The van der Waals surface area contributed by atoms with E-state index in [0.717, 1.165) is 17.3 Å². The highest BCUT2D eigenvalue weighted by Crippen LogP contribution is 2.33. The molecule has 1 heterocycles. The highest BCUT2D eigenvalue weighted by molar-refractivity contribution is 7.09. The smallest absolute Gasteiger partial charge is 0.309 e. The Morgan fingerprint density at radius 1 is 1.69 bits per heavy atom. The van der Waals surface area contributed by atoms with Crippen molar-refractivity contribution < 1.29 is 9.90 Å². The van der Waals surface area contributed by atoms with Crippen molar-refractivity contribution in [2.75, 3.05) is 0 Å². The van der Waals surface area contributed by atoms with Gasteiger partial charge in [-0.1, -0.05) is 0 Å². The second-order valence-corrected chi connectivity index (χ2v) is 4.39. The van der Waals surface area contributed by atoms with Crippen molar-refractivity contribution in [2.24, 2.45) is 5.92 Å². The number of aliphatic carboxylic acids is 1. The van der Waals surface area contributed by atoms with Crippen molar-refractivity contribution in [3.05, 3.63) is 16.1 Å². The summed E-state index contributed by atoms with van der Waals surface area (Å²) >= 11 is 1.59. The van der Waals surface area contributed by atoms with Crippen LogP contribution in [0.1, 0.15) is 23.5 Å². The second kappa shape index (κ2) is 3.46. The van der Waals surface area contributed by atoms with Crippen molar-refractivity contribution in [1.29, 1.82) is 0 Å². The molecule has 0 spiro atoms. The number of aromatic nitrogens is 1. The van der Waals surface area contributed by atoms with Crippen LogP contribution in [0.2, 0.25) is 0 Å². The summed E-state index contributed by atoms with van der Waals surface area (Å²) in [6.45, 7) is 0. The Morgan fingerprint density at radius 3 is 3.08 bits per heavy atom. The number of thiazole rings is 1. The minimum Gasteiger partial charge on any atom is -0.481 e. The molecule has 0 unspecified atom stereocenters. The van der Waals surface area contributed by atoms with E-state index in [1.54, 1.807) is 11.3 Å². The lowest BCUT2D eigenvalue weighted by Crippen LogP contribution is -2.00. The number of carboxylic acids is 1. The van der Waals surface area contributed by atoms with Crippen molar-refractivity contribution in [3.8, 4) is 0 Å². The van der Waals surface area contributed by atoms with Gasteiger partial charge in [0.2, 0.25) is 0 Å². The second-order valence-electron chi connectivity index (χ2n) is 3.45. The number of hydrogen-bond donors (Lipinski definition) is 1. The Morgan fingerprint density at radius 2 is 2.46 bits per heavy atom. The molecule has 0 amide bonds. The maximum Gasteiger partial charge on any atom is 0.309 e. The quantitative estimate of drug-likeness (QED) is 0.799. The van der Waals surface area contributed by atoms with Gasteiger partial charge in [0.15, 0.2) is 0 Å². The van der Waals surface area contributed by atoms with Gasteiger partial charge < -0.3 is 5.11 Å². The predicted molar refractivity (Wildman–Crippen MR) is 49.9 cm³/mol. The molecule has 1 aromatic rings. The zero-order valence-electron chi connectivity index (χ0n) is 7.19. The van der Waals surface area contributed by atoms with E-state index in [1.807, 2.05) is 5.38 Å². The molecule has 0 aliphatic heterocycles. The van der Waals surface area contributed by atoms with E-state index >= 15 is 0 Å². The molecule has 1 fully saturated rings. The van der Waals surface area contributed by atoms with E-state index in [0.29, 0.717) is 5.69 Å². The molecule has 1 saturated carbocycles. The highest BCUT2D eigenvalue weighted by Gasteiger charge is 2.22. The summed E-state index contributed by atoms with van der Waals surface area (Å²) in [5.41, 5.74) is 0.702. The van der Waals surface area contributed by atoms with Crippen LogP contribution in [0.5, 0.6) is 0 Å². The third kappa shape index (κ3) is 2.52. The normalized spacial score (nSPS) is 16.0. The summed E-state index contributed by atoms with van der Waals surface area (Å²) in [4.78, 5) is 14.6. The van der Waals surface area contributed by atoms with E-state index in [9.17, 15) is 4.79 Å². The van der Waals surface area contributed by atoms with Crippen molar-refractivity contribution in [3.63, 3.8) is 0 Å². The van der Waals surface area contributed by atoms with Crippen LogP contribution in [0, 0.1) is 5.92 Å². The molecule has 13 heavy (non-hydrogen) atoms. The SMILES string of the molecule is O=C(O)Cc1csc(CC2CC2)n1. The maximum absolute atomic E-state index is 10.4. The number of carbonyl (C=O) groups is 1. The first kappa shape index (κ1) is 8.69. The van der Waals surface area contributed by atoms with Gasteiger partial charge in [0.1, 0.15) is 0 Å². The molecule has 70 valence electrons.